The zero-order chi connectivity index (χ0) is 17.1. The number of nitrogens with zero attached hydrogens (tertiary/aromatic N) is 2. The summed E-state index contributed by atoms with van der Waals surface area (Å²) < 4.78 is 10.7. The number of morpholine rings is 1. The molecule has 4 rings (SSSR count). The van der Waals surface area contributed by atoms with Gasteiger partial charge in [0, 0.05) is 19.2 Å². The Labute approximate surface area is 147 Å². The Bertz CT molecular complexity index is 737. The molecule has 0 radical (unpaired) electrons. The molecule has 1 aliphatic heterocycles. The Kier molecular flexibility index (Phi) is 4.81. The highest BCUT2D eigenvalue weighted by Crippen LogP contribution is 2.29. The van der Waals surface area contributed by atoms with Crippen molar-refractivity contribution >= 4 is 5.91 Å². The van der Waals surface area contributed by atoms with E-state index < -0.39 is 0 Å². The maximum Gasteiger partial charge on any atom is 0.273 e. The zero-order valence-corrected chi connectivity index (χ0v) is 14.2. The molecule has 6 nitrogen and oxygen atoms in total. The van der Waals surface area contributed by atoms with Gasteiger partial charge in [-0.3, -0.25) is 9.69 Å². The summed E-state index contributed by atoms with van der Waals surface area (Å²) in [5.41, 5.74) is 2.90. The molecule has 132 valence electrons. The van der Waals surface area contributed by atoms with Gasteiger partial charge in [0.15, 0.2) is 11.5 Å². The number of hydrogen-bond donors (Lipinski definition) is 1. The Hall–Kier alpha value is -2.18. The van der Waals surface area contributed by atoms with Crippen LogP contribution in [0.5, 0.6) is 0 Å². The molecule has 1 saturated heterocycles. The van der Waals surface area contributed by atoms with Crippen LogP contribution in [0.4, 0.5) is 0 Å². The molecule has 0 bridgehead atoms. The molecule has 1 unspecified atom stereocenters. The maximum absolute atomic E-state index is 12.6. The van der Waals surface area contributed by atoms with E-state index in [0.29, 0.717) is 12.2 Å². The number of nitrogens with one attached hydrogen (secondary N) is 1. The minimum absolute atomic E-state index is 0.0526. The second-order valence-corrected chi connectivity index (χ2v) is 6.68. The molecule has 6 heteroatoms. The first-order valence-electron chi connectivity index (χ1n) is 8.94. The molecule has 1 aromatic carbocycles. The smallest absolute Gasteiger partial charge is 0.273 e. The van der Waals surface area contributed by atoms with Gasteiger partial charge >= 0.3 is 0 Å². The summed E-state index contributed by atoms with van der Waals surface area (Å²) >= 11 is 0. The highest BCUT2D eigenvalue weighted by atomic mass is 16.5. The number of hydrogen-bond acceptors (Lipinski definition) is 5. The van der Waals surface area contributed by atoms with Gasteiger partial charge in [0.2, 0.25) is 0 Å². The lowest BCUT2D eigenvalue weighted by Gasteiger charge is -2.26. The van der Waals surface area contributed by atoms with E-state index in [1.54, 1.807) is 6.07 Å². The third kappa shape index (κ3) is 3.75. The third-order valence-electron chi connectivity index (χ3n) is 4.95. The van der Waals surface area contributed by atoms with Crippen molar-refractivity contribution < 1.29 is 14.1 Å². The predicted molar refractivity (Wildman–Crippen MR) is 92.2 cm³/mol. The van der Waals surface area contributed by atoms with Gasteiger partial charge < -0.3 is 14.6 Å². The van der Waals surface area contributed by atoms with Crippen LogP contribution in [0.3, 0.4) is 0 Å². The Balaban J connectivity index is 1.40. The van der Waals surface area contributed by atoms with Gasteiger partial charge in [-0.15, -0.1) is 0 Å². The molecule has 1 amide bonds. The lowest BCUT2D eigenvalue weighted by atomic mass is 9.87. The summed E-state index contributed by atoms with van der Waals surface area (Å²) in [5, 5.41) is 7.07. The molecule has 2 heterocycles. The van der Waals surface area contributed by atoms with Crippen LogP contribution >= 0.6 is 0 Å². The van der Waals surface area contributed by atoms with Crippen molar-refractivity contribution in [2.24, 2.45) is 0 Å². The normalized spacial score (nSPS) is 20.9. The van der Waals surface area contributed by atoms with E-state index in [-0.39, 0.29) is 11.9 Å². The predicted octanol–water partition coefficient (Wildman–Crippen LogP) is 2.31. The minimum Gasteiger partial charge on any atom is -0.379 e. The quantitative estimate of drug-likeness (QED) is 0.924. The first-order chi connectivity index (χ1) is 12.3. The van der Waals surface area contributed by atoms with Gasteiger partial charge in [-0.25, -0.2) is 0 Å². The SMILES string of the molecule is O=C(NC1CCCc2ccccc21)c1cc(CN2CCOCC2)on1. The Morgan fingerprint density at radius 3 is 3.00 bits per heavy atom. The van der Waals surface area contributed by atoms with Crippen LogP contribution in [0.15, 0.2) is 34.9 Å². The van der Waals surface area contributed by atoms with Crippen molar-refractivity contribution in [3.63, 3.8) is 0 Å². The largest absolute Gasteiger partial charge is 0.379 e. The number of aryl methyl sites for hydroxylation is 1. The van der Waals surface area contributed by atoms with Crippen LogP contribution in [0, 0.1) is 0 Å². The van der Waals surface area contributed by atoms with E-state index in [4.69, 9.17) is 9.26 Å². The second-order valence-electron chi connectivity index (χ2n) is 6.68. The molecule has 1 aliphatic carbocycles. The maximum atomic E-state index is 12.6. The number of carbonyl (C=O) groups is 1. The number of amides is 1. The van der Waals surface area contributed by atoms with Crippen LogP contribution in [-0.4, -0.2) is 42.3 Å². The van der Waals surface area contributed by atoms with E-state index in [1.807, 2.05) is 6.07 Å². The highest BCUT2D eigenvalue weighted by Gasteiger charge is 2.23. The number of aromatic nitrogens is 1. The molecule has 1 N–H and O–H groups in total. The number of carbonyl (C=O) groups excluding carboxylic acids is 1. The van der Waals surface area contributed by atoms with E-state index in [2.05, 4.69) is 33.6 Å². The van der Waals surface area contributed by atoms with E-state index in [9.17, 15) is 4.79 Å². The zero-order valence-electron chi connectivity index (χ0n) is 14.2. The van der Waals surface area contributed by atoms with Crippen molar-refractivity contribution in [1.29, 1.82) is 0 Å². The van der Waals surface area contributed by atoms with Crippen molar-refractivity contribution in [2.45, 2.75) is 31.8 Å². The molecule has 0 saturated carbocycles. The van der Waals surface area contributed by atoms with Gasteiger partial charge in [-0.05, 0) is 30.4 Å². The molecule has 0 spiro atoms. The van der Waals surface area contributed by atoms with Gasteiger partial charge in [-0.2, -0.15) is 0 Å². The van der Waals surface area contributed by atoms with Crippen molar-refractivity contribution in [3.05, 3.63) is 52.9 Å². The lowest BCUT2D eigenvalue weighted by molar-refractivity contribution is 0.0305. The van der Waals surface area contributed by atoms with E-state index in [1.165, 1.54) is 11.1 Å². The van der Waals surface area contributed by atoms with Crippen LogP contribution in [-0.2, 0) is 17.7 Å². The topological polar surface area (TPSA) is 67.6 Å². The lowest BCUT2D eigenvalue weighted by Crippen LogP contribution is -2.35. The number of fused-ring (bicyclic) bond motifs is 1. The summed E-state index contributed by atoms with van der Waals surface area (Å²) in [5.74, 6) is 0.551. The summed E-state index contributed by atoms with van der Waals surface area (Å²) in [4.78, 5) is 14.8. The fourth-order valence-corrected chi connectivity index (χ4v) is 3.61. The van der Waals surface area contributed by atoms with Crippen LogP contribution in [0.2, 0.25) is 0 Å². The molecule has 25 heavy (non-hydrogen) atoms. The fraction of sp³-hybridized carbons (Fsp3) is 0.474. The van der Waals surface area contributed by atoms with Crippen molar-refractivity contribution in [1.82, 2.24) is 15.4 Å². The molecule has 2 aromatic rings. The van der Waals surface area contributed by atoms with Gasteiger partial charge in [0.25, 0.3) is 5.91 Å². The number of benzene rings is 1. The monoisotopic (exact) mass is 341 g/mol. The number of rotatable bonds is 4. The molecular formula is C19H23N3O3. The Morgan fingerprint density at radius 1 is 1.28 bits per heavy atom. The summed E-state index contributed by atoms with van der Waals surface area (Å²) in [7, 11) is 0. The molecular weight excluding hydrogens is 318 g/mol. The van der Waals surface area contributed by atoms with Crippen molar-refractivity contribution in [3.8, 4) is 0 Å². The average Bonchev–Trinajstić information content (AvgIpc) is 3.11. The summed E-state index contributed by atoms with van der Waals surface area (Å²) in [6.45, 7) is 3.89. The fourth-order valence-electron chi connectivity index (χ4n) is 3.61. The van der Waals surface area contributed by atoms with E-state index in [0.717, 1.165) is 51.3 Å². The second kappa shape index (κ2) is 7.37. The van der Waals surface area contributed by atoms with Gasteiger partial charge in [-0.1, -0.05) is 29.4 Å². The molecule has 1 fully saturated rings. The summed E-state index contributed by atoms with van der Waals surface area (Å²) in [6.07, 6.45) is 3.13. The highest BCUT2D eigenvalue weighted by molar-refractivity contribution is 5.92. The molecule has 2 aliphatic rings. The van der Waals surface area contributed by atoms with Gasteiger partial charge in [0.1, 0.15) is 0 Å². The molecule has 1 aromatic heterocycles. The number of ether oxygens (including phenoxy) is 1. The van der Waals surface area contributed by atoms with Gasteiger partial charge in [0.05, 0.1) is 25.8 Å². The standard InChI is InChI=1S/C19H23N3O3/c23-19(20-17-7-3-5-14-4-1-2-6-16(14)17)18-12-15(25-21-18)13-22-8-10-24-11-9-22/h1-2,4,6,12,17H,3,5,7-11,13H2,(H,20,23). The minimum atomic E-state index is -0.168. The molecule has 1 atom stereocenters. The van der Waals surface area contributed by atoms with Crippen LogP contribution in [0.1, 0.15) is 46.3 Å². The van der Waals surface area contributed by atoms with E-state index >= 15 is 0 Å². The van der Waals surface area contributed by atoms with Crippen molar-refractivity contribution in [2.75, 3.05) is 26.3 Å². The van der Waals surface area contributed by atoms with Crippen LogP contribution < -0.4 is 5.32 Å². The van der Waals surface area contributed by atoms with Crippen LogP contribution in [0.25, 0.3) is 0 Å². The first kappa shape index (κ1) is 16.3. The third-order valence-corrected chi connectivity index (χ3v) is 4.95. The summed E-state index contributed by atoms with van der Waals surface area (Å²) in [6, 6.07) is 10.1. The average molecular weight is 341 g/mol. The Morgan fingerprint density at radius 2 is 2.12 bits per heavy atom. The first-order valence-corrected chi connectivity index (χ1v) is 8.94.